The zero-order valence-corrected chi connectivity index (χ0v) is 39.9. The highest BCUT2D eigenvalue weighted by Gasteiger charge is 2.57. The van der Waals surface area contributed by atoms with E-state index < -0.39 is 52.1 Å². The maximum Gasteiger partial charge on any atom is 0.340 e. The second-order valence-corrected chi connectivity index (χ2v) is 18.5. The van der Waals surface area contributed by atoms with Crippen molar-refractivity contribution in [3.05, 3.63) is 148 Å². The number of carbonyl (C=O) groups is 3. The van der Waals surface area contributed by atoms with E-state index >= 15 is 0 Å². The maximum absolute atomic E-state index is 12.9. The van der Waals surface area contributed by atoms with Gasteiger partial charge in [-0.2, -0.15) is 9.97 Å². The van der Waals surface area contributed by atoms with Gasteiger partial charge in [-0.25, -0.2) is 14.4 Å². The third kappa shape index (κ3) is 10.6. The number of esters is 3. The van der Waals surface area contributed by atoms with Gasteiger partial charge >= 0.3 is 27.7 Å². The molecule has 3 aromatic carbocycles. The summed E-state index contributed by atoms with van der Waals surface area (Å²) in [5, 5.41) is 0. The molecule has 0 aliphatic carbocycles. The van der Waals surface area contributed by atoms with Gasteiger partial charge in [0.1, 0.15) is 9.40 Å². The van der Waals surface area contributed by atoms with Gasteiger partial charge in [0.25, 0.3) is 11.1 Å². The van der Waals surface area contributed by atoms with Crippen molar-refractivity contribution >= 4 is 73.2 Å². The molecule has 9 rings (SSSR count). The summed E-state index contributed by atoms with van der Waals surface area (Å²) in [6.45, 7) is 11.3. The fourth-order valence-electron chi connectivity index (χ4n) is 8.09. The first-order valence-electron chi connectivity index (χ1n) is 21.8. The Balaban J connectivity index is 0.000000185. The number of nitrogen functional groups attached to an aromatic ring is 2. The molecule has 0 saturated carbocycles. The minimum absolute atomic E-state index is 0. The van der Waals surface area contributed by atoms with Gasteiger partial charge in [0, 0.05) is 11.8 Å². The number of nitrogens with one attached hydrogen (secondary N) is 3. The number of thiazole rings is 2. The van der Waals surface area contributed by atoms with E-state index in [9.17, 15) is 33.6 Å². The van der Waals surface area contributed by atoms with E-state index in [0.29, 0.717) is 23.1 Å². The topological polar surface area (TPSA) is 296 Å². The minimum Gasteiger partial charge on any atom is -0.451 e. The summed E-state index contributed by atoms with van der Waals surface area (Å²) in [7, 11) is 0. The third-order valence-corrected chi connectivity index (χ3v) is 14.0. The Bertz CT molecular complexity index is 3210. The number of carbonyl (C=O) groups excluding carboxylic acids is 3. The van der Waals surface area contributed by atoms with E-state index in [1.54, 1.807) is 92.7 Å². The Morgan fingerprint density at radius 1 is 0.657 bits per heavy atom. The van der Waals surface area contributed by atoms with E-state index in [0.717, 1.165) is 29.1 Å². The Kier molecular flexibility index (Phi) is 16.1. The second-order valence-electron chi connectivity index (χ2n) is 16.6. The number of hydrogen-bond acceptors (Lipinski definition) is 18. The lowest BCUT2D eigenvalue weighted by Crippen LogP contribution is -2.46. The van der Waals surface area contributed by atoms with Gasteiger partial charge in [0.2, 0.25) is 18.2 Å². The van der Waals surface area contributed by atoms with Crippen molar-refractivity contribution in [1.29, 1.82) is 0 Å². The first kappa shape index (κ1) is 52.1. The van der Waals surface area contributed by atoms with Gasteiger partial charge in [-0.3, -0.25) is 38.7 Å². The molecule has 2 aliphatic rings. The van der Waals surface area contributed by atoms with Crippen LogP contribution in [0.3, 0.4) is 0 Å². The molecule has 2 aliphatic heterocycles. The number of aromatic nitrogens is 6. The molecule has 7 aromatic rings. The zero-order valence-electron chi connectivity index (χ0n) is 38.3. The van der Waals surface area contributed by atoms with Crippen molar-refractivity contribution in [3.8, 4) is 0 Å². The van der Waals surface area contributed by atoms with Crippen molar-refractivity contribution in [2.45, 2.75) is 97.7 Å². The van der Waals surface area contributed by atoms with E-state index in [2.05, 4.69) is 24.9 Å². The molecule has 2 fully saturated rings. The number of benzene rings is 3. The first-order chi connectivity index (χ1) is 32.9. The van der Waals surface area contributed by atoms with Crippen LogP contribution in [-0.2, 0) is 23.7 Å². The number of rotatable bonds is 9. The summed E-state index contributed by atoms with van der Waals surface area (Å²) in [6.07, 6.45) is -0.989. The Hall–Kier alpha value is -7.27. The lowest BCUT2D eigenvalue weighted by molar-refractivity contribution is -0.169. The third-order valence-electron chi connectivity index (χ3n) is 12.2. The van der Waals surface area contributed by atoms with Crippen molar-refractivity contribution in [2.24, 2.45) is 11.8 Å². The molecule has 6 heterocycles. The summed E-state index contributed by atoms with van der Waals surface area (Å²) in [4.78, 5) is 99.2. The molecule has 7 N–H and O–H groups in total. The summed E-state index contributed by atoms with van der Waals surface area (Å²) in [5.41, 5.74) is 9.42. The van der Waals surface area contributed by atoms with Crippen molar-refractivity contribution in [1.82, 2.24) is 29.5 Å². The number of fused-ring (bicyclic) bond motifs is 2. The number of H-pyrrole nitrogens is 3. The molecule has 0 amide bonds. The Labute approximate surface area is 408 Å². The average molecular weight is 999 g/mol. The van der Waals surface area contributed by atoms with Crippen LogP contribution in [-0.4, -0.2) is 77.1 Å². The minimum atomic E-state index is -1.18. The molecular weight excluding hydrogens is 945 g/mol. The maximum atomic E-state index is 12.9. The number of nitrogens with zero attached hydrogens (tertiary/aromatic N) is 3. The van der Waals surface area contributed by atoms with Crippen LogP contribution < -0.4 is 32.3 Å². The molecule has 8 atom stereocenters. The predicted octanol–water partition coefficient (Wildman–Crippen LogP) is 6.41. The monoisotopic (exact) mass is 998 g/mol. The number of aromatic amines is 3. The van der Waals surface area contributed by atoms with E-state index in [-0.39, 0.29) is 74.5 Å². The second kappa shape index (κ2) is 21.6. The molecule has 0 bridgehead atoms. The van der Waals surface area contributed by atoms with Crippen LogP contribution in [0.25, 0.3) is 20.7 Å². The summed E-state index contributed by atoms with van der Waals surface area (Å²) >= 11 is 1.57. The largest absolute Gasteiger partial charge is 0.451 e. The summed E-state index contributed by atoms with van der Waals surface area (Å²) in [5.74, 6) is -1.96. The highest BCUT2D eigenvalue weighted by Crippen LogP contribution is 2.47. The van der Waals surface area contributed by atoms with Crippen molar-refractivity contribution in [2.75, 3.05) is 11.5 Å². The lowest BCUT2D eigenvalue weighted by Gasteiger charge is -2.33. The SMILES string of the molecule is C.CC[C@H]1OC(OC(=O)c2ccccc2)[C@](C)(OC(=O)c2ccccc2)[C@@H]1C.CC[C@H]1O[C@@H](n2c(=O)sc3c(=O)[nH]c(N)nc32)[C@](C)(OC(=O)c2ccccc2)[C@@H]1C.Nc1nc2[nH]c(=O)sc2c(=O)[nH]1. The Morgan fingerprint density at radius 2 is 1.11 bits per heavy atom. The Morgan fingerprint density at radius 3 is 1.64 bits per heavy atom. The highest BCUT2D eigenvalue weighted by atomic mass is 32.1. The van der Waals surface area contributed by atoms with Gasteiger partial charge in [-0.05, 0) is 63.1 Å². The summed E-state index contributed by atoms with van der Waals surface area (Å²) in [6, 6.07) is 26.1. The smallest absolute Gasteiger partial charge is 0.340 e. The number of anilines is 2. The van der Waals surface area contributed by atoms with Crippen molar-refractivity contribution < 1.29 is 38.1 Å². The molecule has 0 spiro atoms. The van der Waals surface area contributed by atoms with Crippen molar-refractivity contribution in [3.63, 3.8) is 0 Å². The lowest BCUT2D eigenvalue weighted by atomic mass is 9.86. The molecule has 70 heavy (non-hydrogen) atoms. The number of ether oxygens (including phenoxy) is 5. The first-order valence-corrected chi connectivity index (χ1v) is 23.4. The molecule has 0 radical (unpaired) electrons. The standard InChI is InChI=1S/C22H24O5.C20H22N4O5S.C5H4N4O2S.CH4/c1-4-18-15(2)22(3,27-20(24)17-13-9-6-10-14-17)21(25-18)26-19(23)16-11-7-5-8-12-16;1-4-12-10(2)20(3,29-16(26)11-8-6-5-7-9-11)17(28-12)24-14-13(30-19(24)27)15(25)23-18(21)22-14;6-4-7-2-1(3(10)9-4)12-5(11)8-2;/h5-15,18,21H,4H2,1-3H3;5-10,12,17H,4H2,1-3H3,(H3,21,22,23,25);(H4,6,7,8,9,10,11);1H4/t15-,18-,21?,22-;10-,12-,17-,20-;;/m11../s1. The van der Waals surface area contributed by atoms with Crippen LogP contribution in [0.1, 0.15) is 99.1 Å². The van der Waals surface area contributed by atoms with Crippen LogP contribution >= 0.6 is 22.7 Å². The summed E-state index contributed by atoms with van der Waals surface area (Å²) < 4.78 is 31.2. The molecule has 1 unspecified atom stereocenters. The van der Waals surface area contributed by atoms with Gasteiger partial charge < -0.3 is 35.2 Å². The van der Waals surface area contributed by atoms with Crippen LogP contribution in [0.15, 0.2) is 110 Å². The van der Waals surface area contributed by atoms with Gasteiger partial charge in [0.05, 0.1) is 28.9 Å². The quantitative estimate of drug-likeness (QED) is 0.0771. The van der Waals surface area contributed by atoms with E-state index in [1.807, 2.05) is 39.8 Å². The van der Waals surface area contributed by atoms with Crippen LogP contribution in [0.4, 0.5) is 11.9 Å². The van der Waals surface area contributed by atoms with Gasteiger partial charge in [-0.15, -0.1) is 0 Å². The normalized spacial score (nSPS) is 23.5. The van der Waals surface area contributed by atoms with Gasteiger partial charge in [-0.1, -0.05) is 112 Å². The number of nitrogens with two attached hydrogens (primary N) is 2. The molecule has 370 valence electrons. The van der Waals surface area contributed by atoms with Crippen LogP contribution in [0, 0.1) is 11.8 Å². The predicted molar refractivity (Wildman–Crippen MR) is 265 cm³/mol. The molecular formula is C48H54N8O12S2. The zero-order chi connectivity index (χ0) is 49.8. The highest BCUT2D eigenvalue weighted by molar-refractivity contribution is 7.16. The van der Waals surface area contributed by atoms with Gasteiger partial charge in [0.15, 0.2) is 28.7 Å². The average Bonchev–Trinajstić information content (AvgIpc) is 4.02. The molecule has 22 heteroatoms. The van der Waals surface area contributed by atoms with Crippen LogP contribution in [0.2, 0.25) is 0 Å². The van der Waals surface area contributed by atoms with E-state index in [4.69, 9.17) is 35.2 Å². The number of hydrogen-bond donors (Lipinski definition) is 5. The molecule has 2 saturated heterocycles. The molecule has 4 aromatic heterocycles. The fourth-order valence-corrected chi connectivity index (χ4v) is 9.59. The fraction of sp³-hybridized carbons (Fsp3) is 0.354. The van der Waals surface area contributed by atoms with Crippen LogP contribution in [0.5, 0.6) is 0 Å². The molecule has 20 nitrogen and oxygen atoms in total. The van der Waals surface area contributed by atoms with E-state index in [1.165, 1.54) is 4.57 Å².